The van der Waals surface area contributed by atoms with Crippen LogP contribution in [0.1, 0.15) is 25.2 Å². The predicted molar refractivity (Wildman–Crippen MR) is 107 cm³/mol. The molecular formula is C22H22FN3O2. The highest BCUT2D eigenvalue weighted by Crippen LogP contribution is 2.29. The normalized spacial score (nSPS) is 13.7. The number of hydrogen-bond acceptors (Lipinski definition) is 4. The van der Waals surface area contributed by atoms with E-state index in [2.05, 4.69) is 15.2 Å². The first-order valence-electron chi connectivity index (χ1n) is 9.53. The molecule has 0 saturated carbocycles. The number of nitrogens with zero attached hydrogens (tertiary/aromatic N) is 2. The molecule has 3 aromatic rings. The highest BCUT2D eigenvalue weighted by Gasteiger charge is 2.17. The SMILES string of the molecule is O=C(CCc1ncc(-c2ccc(F)cc2)o1)Nc1ccccc1N1CCCC1. The molecule has 6 heteroatoms. The summed E-state index contributed by atoms with van der Waals surface area (Å²) >= 11 is 0. The molecule has 1 aromatic heterocycles. The number of aromatic nitrogens is 1. The Kier molecular flexibility index (Phi) is 5.37. The van der Waals surface area contributed by atoms with Crippen molar-refractivity contribution in [3.63, 3.8) is 0 Å². The molecule has 28 heavy (non-hydrogen) atoms. The van der Waals surface area contributed by atoms with E-state index in [1.54, 1.807) is 18.3 Å². The molecule has 2 aromatic carbocycles. The summed E-state index contributed by atoms with van der Waals surface area (Å²) in [4.78, 5) is 19.0. The van der Waals surface area contributed by atoms with Gasteiger partial charge in [0.25, 0.3) is 0 Å². The molecule has 1 aliphatic heterocycles. The number of benzene rings is 2. The van der Waals surface area contributed by atoms with Crippen molar-refractivity contribution in [1.82, 2.24) is 4.98 Å². The van der Waals surface area contributed by atoms with Crippen LogP contribution in [0, 0.1) is 5.82 Å². The third kappa shape index (κ3) is 4.22. The Morgan fingerprint density at radius 3 is 2.64 bits per heavy atom. The molecule has 5 nitrogen and oxygen atoms in total. The van der Waals surface area contributed by atoms with Crippen LogP contribution in [-0.4, -0.2) is 24.0 Å². The van der Waals surface area contributed by atoms with E-state index in [0.717, 1.165) is 30.0 Å². The van der Waals surface area contributed by atoms with E-state index in [4.69, 9.17) is 4.42 Å². The maximum absolute atomic E-state index is 13.0. The lowest BCUT2D eigenvalue weighted by atomic mass is 10.2. The Hall–Kier alpha value is -3.15. The average Bonchev–Trinajstić information content (AvgIpc) is 3.40. The molecule has 4 rings (SSSR count). The number of halogens is 1. The minimum atomic E-state index is -0.297. The minimum absolute atomic E-state index is 0.0758. The van der Waals surface area contributed by atoms with Gasteiger partial charge in [-0.3, -0.25) is 4.79 Å². The van der Waals surface area contributed by atoms with Gasteiger partial charge in [-0.25, -0.2) is 9.37 Å². The molecule has 1 saturated heterocycles. The maximum atomic E-state index is 13.0. The van der Waals surface area contributed by atoms with Crippen LogP contribution in [0.2, 0.25) is 0 Å². The molecule has 1 N–H and O–H groups in total. The number of oxazole rings is 1. The number of rotatable bonds is 6. The summed E-state index contributed by atoms with van der Waals surface area (Å²) in [7, 11) is 0. The standard InChI is InChI=1S/C22H22FN3O2/c23-17-9-7-16(8-10-17)20-15-24-22(28-20)12-11-21(27)25-18-5-1-2-6-19(18)26-13-3-4-14-26/h1-2,5-10,15H,3-4,11-14H2,(H,25,27). The molecule has 0 unspecified atom stereocenters. The van der Waals surface area contributed by atoms with Gasteiger partial charge in [-0.05, 0) is 49.2 Å². The Labute approximate surface area is 163 Å². The summed E-state index contributed by atoms with van der Waals surface area (Å²) < 4.78 is 18.7. The summed E-state index contributed by atoms with van der Waals surface area (Å²) in [6.07, 6.45) is 4.64. The summed E-state index contributed by atoms with van der Waals surface area (Å²) in [5.41, 5.74) is 2.67. The van der Waals surface area contributed by atoms with Gasteiger partial charge >= 0.3 is 0 Å². The molecule has 0 aliphatic carbocycles. The highest BCUT2D eigenvalue weighted by molar-refractivity contribution is 5.94. The van der Waals surface area contributed by atoms with Crippen molar-refractivity contribution in [3.05, 3.63) is 66.4 Å². The van der Waals surface area contributed by atoms with Gasteiger partial charge < -0.3 is 14.6 Å². The van der Waals surface area contributed by atoms with Crippen molar-refractivity contribution >= 4 is 17.3 Å². The van der Waals surface area contributed by atoms with Gasteiger partial charge in [0, 0.05) is 31.5 Å². The molecule has 1 aliphatic rings. The largest absolute Gasteiger partial charge is 0.441 e. The van der Waals surface area contributed by atoms with Crippen molar-refractivity contribution in [2.45, 2.75) is 25.7 Å². The van der Waals surface area contributed by atoms with Crippen molar-refractivity contribution in [3.8, 4) is 11.3 Å². The van der Waals surface area contributed by atoms with E-state index in [9.17, 15) is 9.18 Å². The number of nitrogens with one attached hydrogen (secondary N) is 1. The second kappa shape index (κ2) is 8.25. The number of anilines is 2. The lowest BCUT2D eigenvalue weighted by molar-refractivity contribution is -0.116. The number of amides is 1. The van der Waals surface area contributed by atoms with E-state index in [1.165, 1.54) is 25.0 Å². The van der Waals surface area contributed by atoms with E-state index < -0.39 is 0 Å². The monoisotopic (exact) mass is 379 g/mol. The smallest absolute Gasteiger partial charge is 0.224 e. The third-order valence-corrected chi connectivity index (χ3v) is 4.87. The fraction of sp³-hybridized carbons (Fsp3) is 0.273. The van der Waals surface area contributed by atoms with E-state index >= 15 is 0 Å². The van der Waals surface area contributed by atoms with Crippen LogP contribution in [0.3, 0.4) is 0 Å². The Balaban J connectivity index is 1.36. The minimum Gasteiger partial charge on any atom is -0.441 e. The van der Waals surface area contributed by atoms with Gasteiger partial charge in [0.2, 0.25) is 5.91 Å². The number of carbonyl (C=O) groups is 1. The lowest BCUT2D eigenvalue weighted by Gasteiger charge is -2.21. The number of hydrogen-bond donors (Lipinski definition) is 1. The Morgan fingerprint density at radius 1 is 1.11 bits per heavy atom. The molecule has 1 amide bonds. The zero-order chi connectivity index (χ0) is 19.3. The summed E-state index contributed by atoms with van der Waals surface area (Å²) in [6.45, 7) is 2.05. The Bertz CT molecular complexity index is 946. The van der Waals surface area contributed by atoms with Crippen molar-refractivity contribution in [2.75, 3.05) is 23.3 Å². The van der Waals surface area contributed by atoms with Crippen LogP contribution in [0.4, 0.5) is 15.8 Å². The molecule has 2 heterocycles. The topological polar surface area (TPSA) is 58.4 Å². The van der Waals surface area contributed by atoms with Crippen LogP contribution in [0.15, 0.2) is 59.1 Å². The summed E-state index contributed by atoms with van der Waals surface area (Å²) in [5.74, 6) is 0.680. The predicted octanol–water partition coefficient (Wildman–Crippen LogP) is 4.65. The van der Waals surface area contributed by atoms with Gasteiger partial charge in [-0.1, -0.05) is 12.1 Å². The average molecular weight is 379 g/mol. The van der Waals surface area contributed by atoms with E-state index in [1.807, 2.05) is 24.3 Å². The van der Waals surface area contributed by atoms with Gasteiger partial charge in [0.15, 0.2) is 11.7 Å². The van der Waals surface area contributed by atoms with Crippen LogP contribution in [0.25, 0.3) is 11.3 Å². The molecular weight excluding hydrogens is 357 g/mol. The second-order valence-electron chi connectivity index (χ2n) is 6.88. The van der Waals surface area contributed by atoms with Gasteiger partial charge in [-0.15, -0.1) is 0 Å². The van der Waals surface area contributed by atoms with Gasteiger partial charge in [0.05, 0.1) is 17.6 Å². The van der Waals surface area contributed by atoms with Crippen LogP contribution in [-0.2, 0) is 11.2 Å². The molecule has 0 radical (unpaired) electrons. The molecule has 0 bridgehead atoms. The zero-order valence-electron chi connectivity index (χ0n) is 15.5. The summed E-state index contributed by atoms with van der Waals surface area (Å²) in [6, 6.07) is 13.9. The first-order chi connectivity index (χ1) is 13.7. The lowest BCUT2D eigenvalue weighted by Crippen LogP contribution is -2.21. The fourth-order valence-electron chi connectivity index (χ4n) is 3.42. The van der Waals surface area contributed by atoms with Gasteiger partial charge in [0.1, 0.15) is 5.82 Å². The second-order valence-corrected chi connectivity index (χ2v) is 6.88. The Morgan fingerprint density at radius 2 is 1.86 bits per heavy atom. The molecule has 144 valence electrons. The van der Waals surface area contributed by atoms with Crippen molar-refractivity contribution in [1.29, 1.82) is 0 Å². The first kappa shape index (κ1) is 18.2. The van der Waals surface area contributed by atoms with Crippen LogP contribution in [0.5, 0.6) is 0 Å². The highest BCUT2D eigenvalue weighted by atomic mass is 19.1. The fourth-order valence-corrected chi connectivity index (χ4v) is 3.42. The molecule has 1 fully saturated rings. The number of para-hydroxylation sites is 2. The molecule has 0 spiro atoms. The first-order valence-corrected chi connectivity index (χ1v) is 9.53. The molecule has 0 atom stereocenters. The zero-order valence-corrected chi connectivity index (χ0v) is 15.5. The quantitative estimate of drug-likeness (QED) is 0.677. The van der Waals surface area contributed by atoms with Crippen LogP contribution < -0.4 is 10.2 Å². The van der Waals surface area contributed by atoms with Crippen molar-refractivity contribution in [2.24, 2.45) is 0 Å². The van der Waals surface area contributed by atoms with Crippen LogP contribution >= 0.6 is 0 Å². The van der Waals surface area contributed by atoms with E-state index in [-0.39, 0.29) is 18.1 Å². The number of carbonyl (C=O) groups excluding carboxylic acids is 1. The van der Waals surface area contributed by atoms with Crippen molar-refractivity contribution < 1.29 is 13.6 Å². The number of aryl methyl sites for hydroxylation is 1. The maximum Gasteiger partial charge on any atom is 0.224 e. The van der Waals surface area contributed by atoms with E-state index in [0.29, 0.717) is 18.1 Å². The third-order valence-electron chi connectivity index (χ3n) is 4.87. The van der Waals surface area contributed by atoms with Gasteiger partial charge in [-0.2, -0.15) is 0 Å². The summed E-state index contributed by atoms with van der Waals surface area (Å²) in [5, 5.41) is 3.01.